The number of ether oxygens (including phenoxy) is 2. The van der Waals surface area contributed by atoms with Crippen molar-refractivity contribution in [1.29, 1.82) is 0 Å². The van der Waals surface area contributed by atoms with Gasteiger partial charge in [-0.05, 0) is 18.6 Å². The van der Waals surface area contributed by atoms with Crippen LogP contribution in [0.1, 0.15) is 23.7 Å². The predicted octanol–water partition coefficient (Wildman–Crippen LogP) is 1.30. The van der Waals surface area contributed by atoms with Crippen molar-refractivity contribution in [2.75, 3.05) is 27.3 Å². The van der Waals surface area contributed by atoms with Crippen LogP contribution < -0.4 is 9.47 Å². The molecule has 0 atom stereocenters. The summed E-state index contributed by atoms with van der Waals surface area (Å²) >= 11 is 0. The molecule has 1 aromatic carbocycles. The van der Waals surface area contributed by atoms with Crippen molar-refractivity contribution >= 4 is 5.91 Å². The van der Waals surface area contributed by atoms with Crippen molar-refractivity contribution in [1.82, 2.24) is 4.90 Å². The molecule has 5 nitrogen and oxygen atoms in total. The molecule has 19 heavy (non-hydrogen) atoms. The molecule has 0 aliphatic carbocycles. The molecule has 0 unspecified atom stereocenters. The molecule has 1 aliphatic heterocycles. The third-order valence-electron chi connectivity index (χ3n) is 3.51. The number of hydrogen-bond acceptors (Lipinski definition) is 4. The average molecular weight is 265 g/mol. The van der Waals surface area contributed by atoms with Crippen LogP contribution >= 0.6 is 0 Å². The number of methoxy groups -OCH3 is 2. The van der Waals surface area contributed by atoms with Crippen LogP contribution in [0, 0.1) is 0 Å². The fraction of sp³-hybridized carbons (Fsp3) is 0.500. The van der Waals surface area contributed by atoms with Gasteiger partial charge in [0, 0.05) is 11.6 Å². The summed E-state index contributed by atoms with van der Waals surface area (Å²) in [4.78, 5) is 13.9. The molecule has 0 spiro atoms. The highest BCUT2D eigenvalue weighted by atomic mass is 16.5. The maximum Gasteiger partial charge on any atom is 0.254 e. The number of likely N-dealkylation sites (tertiary alicyclic amines) is 1. The quantitative estimate of drug-likeness (QED) is 0.891. The number of aliphatic hydroxyl groups is 1. The van der Waals surface area contributed by atoms with Crippen molar-refractivity contribution < 1.29 is 19.4 Å². The van der Waals surface area contributed by atoms with E-state index in [9.17, 15) is 9.90 Å². The molecule has 104 valence electrons. The molecular formula is C14H19NO4. The number of carbonyl (C=O) groups excluding carboxylic acids is 1. The van der Waals surface area contributed by atoms with Crippen LogP contribution in [-0.4, -0.2) is 48.8 Å². The minimum atomic E-state index is -0.724. The van der Waals surface area contributed by atoms with Crippen LogP contribution in [0.3, 0.4) is 0 Å². The summed E-state index contributed by atoms with van der Waals surface area (Å²) in [5.41, 5.74) is -0.215. The van der Waals surface area contributed by atoms with Gasteiger partial charge >= 0.3 is 0 Å². The first-order valence-electron chi connectivity index (χ1n) is 6.26. The van der Waals surface area contributed by atoms with E-state index in [2.05, 4.69) is 0 Å². The molecule has 1 saturated heterocycles. The third kappa shape index (κ3) is 2.66. The minimum absolute atomic E-state index is 0.115. The first-order valence-corrected chi connectivity index (χ1v) is 6.26. The van der Waals surface area contributed by atoms with Gasteiger partial charge in [-0.2, -0.15) is 0 Å². The van der Waals surface area contributed by atoms with E-state index in [4.69, 9.17) is 9.47 Å². The summed E-state index contributed by atoms with van der Waals surface area (Å²) in [6.07, 6.45) is 0.651. The third-order valence-corrected chi connectivity index (χ3v) is 3.51. The van der Waals surface area contributed by atoms with E-state index in [0.717, 1.165) is 0 Å². The number of amides is 1. The Labute approximate surface area is 112 Å². The molecule has 1 heterocycles. The Morgan fingerprint density at radius 2 is 1.79 bits per heavy atom. The molecule has 0 radical (unpaired) electrons. The van der Waals surface area contributed by atoms with Crippen molar-refractivity contribution in [3.63, 3.8) is 0 Å². The van der Waals surface area contributed by atoms with Crippen molar-refractivity contribution in [2.45, 2.75) is 18.9 Å². The van der Waals surface area contributed by atoms with Crippen molar-refractivity contribution in [3.05, 3.63) is 23.8 Å². The number of nitrogens with zero attached hydrogens (tertiary/aromatic N) is 1. The molecule has 1 fully saturated rings. The van der Waals surface area contributed by atoms with Crippen molar-refractivity contribution in [2.24, 2.45) is 0 Å². The number of hydrogen-bond donors (Lipinski definition) is 1. The molecule has 1 aromatic rings. The average Bonchev–Trinajstić information content (AvgIpc) is 2.42. The monoisotopic (exact) mass is 265 g/mol. The van der Waals surface area contributed by atoms with E-state index >= 15 is 0 Å². The normalized spacial score (nSPS) is 16.7. The van der Waals surface area contributed by atoms with Gasteiger partial charge in [-0.1, -0.05) is 6.92 Å². The minimum Gasteiger partial charge on any atom is -0.497 e. The van der Waals surface area contributed by atoms with Crippen LogP contribution in [-0.2, 0) is 0 Å². The molecule has 0 aromatic heterocycles. The van der Waals surface area contributed by atoms with Crippen LogP contribution in [0.25, 0.3) is 0 Å². The molecule has 1 amide bonds. The fourth-order valence-electron chi connectivity index (χ4n) is 2.14. The Balaban J connectivity index is 2.16. The fourth-order valence-corrected chi connectivity index (χ4v) is 2.14. The highest BCUT2D eigenvalue weighted by molar-refractivity contribution is 5.95. The van der Waals surface area contributed by atoms with Crippen LogP contribution in [0.2, 0.25) is 0 Å². The topological polar surface area (TPSA) is 59.0 Å². The second-order valence-corrected chi connectivity index (χ2v) is 4.84. The number of rotatable bonds is 4. The molecule has 1 N–H and O–H groups in total. The smallest absolute Gasteiger partial charge is 0.254 e. The van der Waals surface area contributed by atoms with Crippen LogP contribution in [0.5, 0.6) is 11.5 Å². The van der Waals surface area contributed by atoms with Gasteiger partial charge in [0.05, 0.1) is 32.9 Å². The van der Waals surface area contributed by atoms with Crippen LogP contribution in [0.15, 0.2) is 18.2 Å². The maximum atomic E-state index is 12.3. The van der Waals surface area contributed by atoms with Gasteiger partial charge in [0.2, 0.25) is 0 Å². The standard InChI is InChI=1S/C14H19NO4/c1-4-14(17)8-15(9-14)13(16)10-5-11(18-2)7-12(6-10)19-3/h5-7,17H,4,8-9H2,1-3H3. The number of carbonyl (C=O) groups is 1. The lowest BCUT2D eigenvalue weighted by Crippen LogP contribution is -2.63. The summed E-state index contributed by atoms with van der Waals surface area (Å²) in [6, 6.07) is 5.07. The lowest BCUT2D eigenvalue weighted by atomic mass is 9.90. The second kappa shape index (κ2) is 5.09. The van der Waals surface area contributed by atoms with E-state index in [-0.39, 0.29) is 5.91 Å². The van der Waals surface area contributed by atoms with Gasteiger partial charge in [0.15, 0.2) is 0 Å². The summed E-state index contributed by atoms with van der Waals surface area (Å²) in [6.45, 7) is 2.67. The Kier molecular flexibility index (Phi) is 3.66. The number of benzene rings is 1. The molecular weight excluding hydrogens is 246 g/mol. The lowest BCUT2D eigenvalue weighted by molar-refractivity contribution is -0.0826. The van der Waals surface area contributed by atoms with Crippen molar-refractivity contribution in [3.8, 4) is 11.5 Å². The Bertz CT molecular complexity index is 458. The summed E-state index contributed by atoms with van der Waals surface area (Å²) in [5, 5.41) is 9.94. The SMILES string of the molecule is CCC1(O)CN(C(=O)c2cc(OC)cc(OC)c2)C1. The van der Waals surface area contributed by atoms with E-state index in [1.165, 1.54) is 0 Å². The summed E-state index contributed by atoms with van der Waals surface area (Å²) < 4.78 is 10.3. The van der Waals surface area contributed by atoms with Gasteiger partial charge in [0.1, 0.15) is 11.5 Å². The molecule has 0 saturated carbocycles. The van der Waals surface area contributed by atoms with Gasteiger partial charge in [-0.25, -0.2) is 0 Å². The Hall–Kier alpha value is -1.75. The lowest BCUT2D eigenvalue weighted by Gasteiger charge is -2.46. The zero-order valence-corrected chi connectivity index (χ0v) is 11.5. The van der Waals surface area contributed by atoms with Gasteiger partial charge in [-0.3, -0.25) is 4.79 Å². The Morgan fingerprint density at radius 1 is 1.26 bits per heavy atom. The zero-order valence-electron chi connectivity index (χ0n) is 11.5. The molecule has 2 rings (SSSR count). The highest BCUT2D eigenvalue weighted by Crippen LogP contribution is 2.28. The van der Waals surface area contributed by atoms with Gasteiger partial charge in [-0.15, -0.1) is 0 Å². The molecule has 0 bridgehead atoms. The highest BCUT2D eigenvalue weighted by Gasteiger charge is 2.42. The van der Waals surface area contributed by atoms with E-state index < -0.39 is 5.60 Å². The van der Waals surface area contributed by atoms with E-state index in [1.54, 1.807) is 37.3 Å². The summed E-state index contributed by atoms with van der Waals surface area (Å²) in [5.74, 6) is 1.04. The Morgan fingerprint density at radius 3 is 2.21 bits per heavy atom. The van der Waals surface area contributed by atoms with E-state index in [0.29, 0.717) is 36.6 Å². The number of β-amino-alcohol motifs (C(OH)–C–C–N with tert-alkyl or cyclic N) is 1. The zero-order chi connectivity index (χ0) is 14.0. The largest absolute Gasteiger partial charge is 0.497 e. The van der Waals surface area contributed by atoms with Gasteiger partial charge in [0.25, 0.3) is 5.91 Å². The van der Waals surface area contributed by atoms with Gasteiger partial charge < -0.3 is 19.5 Å². The molecule has 1 aliphatic rings. The van der Waals surface area contributed by atoms with Crippen LogP contribution in [0.4, 0.5) is 0 Å². The second-order valence-electron chi connectivity index (χ2n) is 4.84. The molecule has 5 heteroatoms. The van der Waals surface area contributed by atoms with E-state index in [1.807, 2.05) is 6.92 Å². The first kappa shape index (κ1) is 13.7. The first-order chi connectivity index (χ1) is 9.01. The summed E-state index contributed by atoms with van der Waals surface area (Å²) in [7, 11) is 3.09. The maximum absolute atomic E-state index is 12.3. The predicted molar refractivity (Wildman–Crippen MR) is 70.7 cm³/mol.